The van der Waals surface area contributed by atoms with Crippen LogP contribution in [0.15, 0.2) is 36.5 Å². The van der Waals surface area contributed by atoms with Gasteiger partial charge >= 0.3 is 0 Å². The zero-order chi connectivity index (χ0) is 19.5. The molecule has 1 saturated heterocycles. The SMILES string of the molecule is O=C(Nc1cccnc1N1CCCCC1)c1ccc(NC2CC2)c([N+](=O)[O-])c1. The van der Waals surface area contributed by atoms with E-state index in [1.165, 1.54) is 12.5 Å². The summed E-state index contributed by atoms with van der Waals surface area (Å²) in [6.07, 6.45) is 7.15. The zero-order valence-electron chi connectivity index (χ0n) is 15.6. The van der Waals surface area contributed by atoms with Crippen LogP contribution in [0.4, 0.5) is 22.9 Å². The maximum absolute atomic E-state index is 12.8. The standard InChI is InChI=1S/C20H23N5O3/c26-20(14-6-9-16(22-15-7-8-15)18(13-14)25(27)28)23-17-5-4-10-21-19(17)24-11-2-1-3-12-24/h4-6,9-10,13,15,22H,1-3,7-8,11-12H2,(H,23,26). The molecule has 2 fully saturated rings. The Hall–Kier alpha value is -3.16. The van der Waals surface area contributed by atoms with Gasteiger partial charge in [0.15, 0.2) is 5.82 Å². The third kappa shape index (κ3) is 4.05. The van der Waals surface area contributed by atoms with Crippen LogP contribution in [-0.4, -0.2) is 34.9 Å². The molecular formula is C20H23N5O3. The molecule has 1 amide bonds. The summed E-state index contributed by atoms with van der Waals surface area (Å²) >= 11 is 0. The fourth-order valence-corrected chi connectivity index (χ4v) is 3.44. The molecule has 2 aromatic rings. The first kappa shape index (κ1) is 18.2. The maximum atomic E-state index is 12.8. The van der Waals surface area contributed by atoms with E-state index in [2.05, 4.69) is 20.5 Å². The Balaban J connectivity index is 1.55. The van der Waals surface area contributed by atoms with Crippen molar-refractivity contribution < 1.29 is 9.72 Å². The summed E-state index contributed by atoms with van der Waals surface area (Å²) in [5.41, 5.74) is 1.25. The number of nitrogens with zero attached hydrogens (tertiary/aromatic N) is 3. The minimum absolute atomic E-state index is 0.0815. The first-order chi connectivity index (χ1) is 13.6. The van der Waals surface area contributed by atoms with Gasteiger partial charge in [-0.1, -0.05) is 0 Å². The first-order valence-electron chi connectivity index (χ1n) is 9.68. The van der Waals surface area contributed by atoms with Crippen LogP contribution in [0.2, 0.25) is 0 Å². The number of anilines is 3. The van der Waals surface area contributed by atoms with Gasteiger partial charge in [-0.2, -0.15) is 0 Å². The first-order valence-corrected chi connectivity index (χ1v) is 9.68. The molecule has 2 heterocycles. The van der Waals surface area contributed by atoms with Gasteiger partial charge in [-0.25, -0.2) is 4.98 Å². The number of aromatic nitrogens is 1. The summed E-state index contributed by atoms with van der Waals surface area (Å²) in [7, 11) is 0. The summed E-state index contributed by atoms with van der Waals surface area (Å²) in [6.45, 7) is 1.82. The van der Waals surface area contributed by atoms with Crippen molar-refractivity contribution in [2.45, 2.75) is 38.1 Å². The molecule has 2 N–H and O–H groups in total. The number of nitro benzene ring substituents is 1. The van der Waals surface area contributed by atoms with Crippen LogP contribution in [0.25, 0.3) is 0 Å². The molecular weight excluding hydrogens is 358 g/mol. The number of nitrogens with one attached hydrogen (secondary N) is 2. The number of pyridine rings is 1. The van der Waals surface area contributed by atoms with E-state index in [0.717, 1.165) is 44.6 Å². The third-order valence-corrected chi connectivity index (χ3v) is 5.08. The van der Waals surface area contributed by atoms with Crippen LogP contribution in [0.5, 0.6) is 0 Å². The lowest BCUT2D eigenvalue weighted by Gasteiger charge is -2.29. The molecule has 1 aliphatic heterocycles. The maximum Gasteiger partial charge on any atom is 0.293 e. The van der Waals surface area contributed by atoms with Crippen molar-refractivity contribution in [2.75, 3.05) is 28.6 Å². The molecule has 28 heavy (non-hydrogen) atoms. The zero-order valence-corrected chi connectivity index (χ0v) is 15.6. The van der Waals surface area contributed by atoms with Crippen molar-refractivity contribution >= 4 is 28.8 Å². The Bertz CT molecular complexity index is 891. The summed E-state index contributed by atoms with van der Waals surface area (Å²) in [5.74, 6) is 0.365. The van der Waals surface area contributed by atoms with Gasteiger partial charge < -0.3 is 15.5 Å². The minimum Gasteiger partial charge on any atom is -0.377 e. The molecule has 146 valence electrons. The molecule has 0 unspecified atom stereocenters. The van der Waals surface area contributed by atoms with Crippen LogP contribution >= 0.6 is 0 Å². The van der Waals surface area contributed by atoms with Crippen LogP contribution in [0, 0.1) is 10.1 Å². The van der Waals surface area contributed by atoms with E-state index in [9.17, 15) is 14.9 Å². The van der Waals surface area contributed by atoms with Gasteiger partial charge in [0.05, 0.1) is 10.6 Å². The Labute approximate surface area is 163 Å². The fourth-order valence-electron chi connectivity index (χ4n) is 3.44. The van der Waals surface area contributed by atoms with Gasteiger partial charge in [-0.3, -0.25) is 14.9 Å². The molecule has 1 saturated carbocycles. The van der Waals surface area contributed by atoms with Crippen molar-refractivity contribution in [1.29, 1.82) is 0 Å². The lowest BCUT2D eigenvalue weighted by Crippen LogP contribution is -2.31. The lowest BCUT2D eigenvalue weighted by molar-refractivity contribution is -0.384. The molecule has 1 aromatic carbocycles. The Morgan fingerprint density at radius 1 is 1.14 bits per heavy atom. The molecule has 1 aromatic heterocycles. The Kier molecular flexibility index (Phi) is 5.10. The number of amides is 1. The van der Waals surface area contributed by atoms with Gasteiger partial charge in [0.25, 0.3) is 11.6 Å². The van der Waals surface area contributed by atoms with Gasteiger partial charge in [-0.15, -0.1) is 0 Å². The van der Waals surface area contributed by atoms with Crippen LogP contribution in [0.3, 0.4) is 0 Å². The second-order valence-electron chi connectivity index (χ2n) is 7.28. The summed E-state index contributed by atoms with van der Waals surface area (Å²) in [4.78, 5) is 30.4. The molecule has 0 bridgehead atoms. The van der Waals surface area contributed by atoms with E-state index < -0.39 is 4.92 Å². The highest BCUT2D eigenvalue weighted by Gasteiger charge is 2.26. The van der Waals surface area contributed by atoms with Gasteiger partial charge in [0.1, 0.15) is 5.69 Å². The second-order valence-corrected chi connectivity index (χ2v) is 7.28. The number of piperidine rings is 1. The number of benzene rings is 1. The monoisotopic (exact) mass is 381 g/mol. The van der Waals surface area contributed by atoms with Crippen molar-refractivity contribution in [1.82, 2.24) is 4.98 Å². The molecule has 0 spiro atoms. The van der Waals surface area contributed by atoms with Gasteiger partial charge in [0.2, 0.25) is 0 Å². The van der Waals surface area contributed by atoms with Crippen LogP contribution < -0.4 is 15.5 Å². The van der Waals surface area contributed by atoms with Crippen molar-refractivity contribution in [3.8, 4) is 0 Å². The third-order valence-electron chi connectivity index (χ3n) is 5.08. The topological polar surface area (TPSA) is 100 Å². The highest BCUT2D eigenvalue weighted by Crippen LogP contribution is 2.32. The van der Waals surface area contributed by atoms with Crippen molar-refractivity contribution in [3.05, 3.63) is 52.2 Å². The highest BCUT2D eigenvalue weighted by molar-refractivity contribution is 6.06. The molecule has 2 aliphatic rings. The van der Waals surface area contributed by atoms with Crippen LogP contribution in [-0.2, 0) is 0 Å². The number of hydrogen-bond donors (Lipinski definition) is 2. The van der Waals surface area contributed by atoms with Gasteiger partial charge in [-0.05, 0) is 56.4 Å². The van der Waals surface area contributed by atoms with Crippen molar-refractivity contribution in [2.24, 2.45) is 0 Å². The van der Waals surface area contributed by atoms with E-state index in [1.807, 2.05) is 6.07 Å². The van der Waals surface area contributed by atoms with Crippen molar-refractivity contribution in [3.63, 3.8) is 0 Å². The molecule has 4 rings (SSSR count). The lowest BCUT2D eigenvalue weighted by atomic mass is 10.1. The molecule has 8 nitrogen and oxygen atoms in total. The largest absolute Gasteiger partial charge is 0.377 e. The fraction of sp³-hybridized carbons (Fsp3) is 0.400. The number of rotatable bonds is 6. The summed E-state index contributed by atoms with van der Waals surface area (Å²) < 4.78 is 0. The number of hydrogen-bond acceptors (Lipinski definition) is 6. The highest BCUT2D eigenvalue weighted by atomic mass is 16.6. The second kappa shape index (κ2) is 7.84. The molecule has 1 aliphatic carbocycles. The molecule has 8 heteroatoms. The van der Waals surface area contributed by atoms with E-state index >= 15 is 0 Å². The summed E-state index contributed by atoms with van der Waals surface area (Å²) in [6, 6.07) is 8.43. The number of nitro groups is 1. The number of carbonyl (C=O) groups excluding carboxylic acids is 1. The Morgan fingerprint density at radius 3 is 2.64 bits per heavy atom. The number of carbonyl (C=O) groups is 1. The average Bonchev–Trinajstić information content (AvgIpc) is 3.53. The molecule has 0 atom stereocenters. The predicted molar refractivity (Wildman–Crippen MR) is 108 cm³/mol. The van der Waals surface area contributed by atoms with E-state index in [-0.39, 0.29) is 17.2 Å². The van der Waals surface area contributed by atoms with Crippen LogP contribution in [0.1, 0.15) is 42.5 Å². The van der Waals surface area contributed by atoms with E-state index in [0.29, 0.717) is 17.4 Å². The smallest absolute Gasteiger partial charge is 0.293 e. The average molecular weight is 381 g/mol. The normalized spacial score (nSPS) is 16.5. The van der Waals surface area contributed by atoms with E-state index in [4.69, 9.17) is 0 Å². The van der Waals surface area contributed by atoms with Gasteiger partial charge in [0, 0.05) is 37.0 Å². The minimum atomic E-state index is -0.454. The van der Waals surface area contributed by atoms with E-state index in [1.54, 1.807) is 24.4 Å². The quantitative estimate of drug-likeness (QED) is 0.583. The molecule has 0 radical (unpaired) electrons. The predicted octanol–water partition coefficient (Wildman–Crippen LogP) is 3.81. The summed E-state index contributed by atoms with van der Waals surface area (Å²) in [5, 5.41) is 17.5. The Morgan fingerprint density at radius 2 is 1.93 bits per heavy atom.